The second-order valence-corrected chi connectivity index (χ2v) is 7.77. The van der Waals surface area contributed by atoms with Crippen molar-refractivity contribution < 1.29 is 71.1 Å². The maximum atomic E-state index is 13.4. The molecule has 0 aliphatic heterocycles. The van der Waals surface area contributed by atoms with Crippen molar-refractivity contribution in [1.29, 1.82) is 0 Å². The highest BCUT2D eigenvalue weighted by Gasteiger charge is 2.77. The summed E-state index contributed by atoms with van der Waals surface area (Å²) < 4.78 is 178. The van der Waals surface area contributed by atoms with Crippen molar-refractivity contribution in [3.63, 3.8) is 0 Å². The van der Waals surface area contributed by atoms with Gasteiger partial charge in [0.1, 0.15) is 0 Å². The minimum absolute atomic E-state index is 0.0624. The van der Waals surface area contributed by atoms with Crippen LogP contribution in [0.25, 0.3) is 0 Å². The van der Waals surface area contributed by atoms with Crippen molar-refractivity contribution in [2.24, 2.45) is 0 Å². The lowest BCUT2D eigenvalue weighted by molar-refractivity contribution is -0.343. The van der Waals surface area contributed by atoms with E-state index in [9.17, 15) is 71.1 Å². The monoisotopic (exact) mass is 590 g/mol. The summed E-state index contributed by atoms with van der Waals surface area (Å²) in [5.74, 6) is -31.5. The number of benzene rings is 2. The van der Waals surface area contributed by atoms with Crippen LogP contribution in [0.5, 0.6) is 0 Å². The quantitative estimate of drug-likeness (QED) is 0.332. The molecule has 2 rings (SSSR count). The van der Waals surface area contributed by atoms with Gasteiger partial charge in [0.25, 0.3) is 0 Å². The van der Waals surface area contributed by atoms with Crippen LogP contribution in [-0.4, -0.2) is 47.9 Å². The van der Waals surface area contributed by atoms with Crippen LogP contribution in [0.3, 0.4) is 0 Å². The Kier molecular flexibility index (Phi) is 8.25. The zero-order valence-corrected chi connectivity index (χ0v) is 18.4. The van der Waals surface area contributed by atoms with E-state index in [4.69, 9.17) is 0 Å². The molecule has 2 N–H and O–H groups in total. The molecule has 0 aliphatic rings. The summed E-state index contributed by atoms with van der Waals surface area (Å²) in [6, 6.07) is 7.94. The van der Waals surface area contributed by atoms with Gasteiger partial charge in [-0.15, -0.1) is 0 Å². The van der Waals surface area contributed by atoms with Crippen molar-refractivity contribution in [3.8, 4) is 0 Å². The minimum atomic E-state index is -6.72. The highest BCUT2D eigenvalue weighted by atomic mass is 19.4. The van der Waals surface area contributed by atoms with E-state index in [1.807, 2.05) is 0 Å². The molecule has 0 saturated heterocycles. The Morgan fingerprint density at radius 2 is 0.744 bits per heavy atom. The largest absolute Gasteiger partial charge is 0.460 e. The number of carbonyl (C=O) groups excluding carboxylic acids is 2. The molecule has 0 spiro atoms. The van der Waals surface area contributed by atoms with Crippen molar-refractivity contribution in [2.75, 3.05) is 10.6 Å². The molecule has 0 fully saturated rings. The number of alkyl halides is 14. The number of anilines is 2. The fraction of sp³-hybridized carbons (Fsp3) is 0.333. The Balaban J connectivity index is 2.06. The fourth-order valence-electron chi connectivity index (χ4n) is 2.71. The Bertz CT molecular complexity index is 1090. The molecule has 0 bridgehead atoms. The summed E-state index contributed by atoms with van der Waals surface area (Å²) in [5, 5.41) is 2.43. The van der Waals surface area contributed by atoms with Crippen molar-refractivity contribution in [2.45, 2.75) is 42.5 Å². The van der Waals surface area contributed by atoms with E-state index in [1.165, 1.54) is 10.6 Å². The second-order valence-electron chi connectivity index (χ2n) is 7.77. The van der Waals surface area contributed by atoms with E-state index in [0.29, 0.717) is 11.1 Å². The zero-order chi connectivity index (χ0) is 30.2. The van der Waals surface area contributed by atoms with E-state index in [0.717, 1.165) is 48.5 Å². The van der Waals surface area contributed by atoms with Gasteiger partial charge in [0.05, 0.1) is 0 Å². The minimum Gasteiger partial charge on any atom is -0.321 e. The van der Waals surface area contributed by atoms with Crippen LogP contribution in [0.4, 0.5) is 72.8 Å². The van der Waals surface area contributed by atoms with Crippen LogP contribution < -0.4 is 10.6 Å². The molecular formula is C21H12F14N2O2. The van der Waals surface area contributed by atoms with Crippen LogP contribution in [0.1, 0.15) is 11.1 Å². The first-order valence-electron chi connectivity index (χ1n) is 9.90. The number of carbonyl (C=O) groups is 2. The highest BCUT2D eigenvalue weighted by Crippen LogP contribution is 2.48. The van der Waals surface area contributed by atoms with Gasteiger partial charge in [-0.05, 0) is 41.8 Å². The zero-order valence-electron chi connectivity index (χ0n) is 18.4. The smallest absolute Gasteiger partial charge is 0.321 e. The lowest BCUT2D eigenvalue weighted by Gasteiger charge is -2.27. The normalized spacial score (nSPS) is 13.7. The number of halogens is 14. The van der Waals surface area contributed by atoms with Crippen molar-refractivity contribution in [1.82, 2.24) is 0 Å². The van der Waals surface area contributed by atoms with Crippen LogP contribution in [0.2, 0.25) is 0 Å². The molecule has 4 nitrogen and oxygen atoms in total. The molecule has 0 heterocycles. The maximum absolute atomic E-state index is 13.4. The standard InChI is InChI=1S/C21H12F14N2O2/c22-16(23,18(26,27)20(30,31)32)14(38)36-12-5-1-10(2-6-12)9-11-3-7-13(8-4-11)37-15(39)17(24,25)19(28,29)21(33,34)35/h1-8H,9H2,(H,36,38)(H,37,39). The highest BCUT2D eigenvalue weighted by molar-refractivity contribution is 5.97. The first-order chi connectivity index (χ1) is 17.4. The van der Waals surface area contributed by atoms with Crippen LogP contribution in [-0.2, 0) is 16.0 Å². The van der Waals surface area contributed by atoms with E-state index >= 15 is 0 Å². The molecule has 0 aromatic heterocycles. The van der Waals surface area contributed by atoms with E-state index < -0.39 is 59.2 Å². The molecule has 2 aromatic rings. The molecule has 0 radical (unpaired) electrons. The molecule has 39 heavy (non-hydrogen) atoms. The van der Waals surface area contributed by atoms with Crippen molar-refractivity contribution in [3.05, 3.63) is 59.7 Å². The molecular weight excluding hydrogens is 578 g/mol. The average molecular weight is 590 g/mol. The van der Waals surface area contributed by atoms with Gasteiger partial charge in [0, 0.05) is 11.4 Å². The van der Waals surface area contributed by atoms with Crippen LogP contribution in [0, 0.1) is 0 Å². The first-order valence-corrected chi connectivity index (χ1v) is 9.90. The second kappa shape index (κ2) is 10.2. The van der Waals surface area contributed by atoms with Gasteiger partial charge in [0.2, 0.25) is 0 Å². The van der Waals surface area contributed by atoms with Gasteiger partial charge in [0.15, 0.2) is 0 Å². The lowest BCUT2D eigenvalue weighted by Crippen LogP contribution is -2.57. The predicted octanol–water partition coefficient (Wildman–Crippen LogP) is 6.82. The third-order valence-electron chi connectivity index (χ3n) is 4.90. The van der Waals surface area contributed by atoms with Gasteiger partial charge < -0.3 is 10.6 Å². The van der Waals surface area contributed by atoms with Crippen LogP contribution >= 0.6 is 0 Å². The topological polar surface area (TPSA) is 58.2 Å². The molecule has 18 heteroatoms. The van der Waals surface area contributed by atoms with Gasteiger partial charge in [-0.3, -0.25) is 9.59 Å². The number of nitrogens with one attached hydrogen (secondary N) is 2. The third-order valence-corrected chi connectivity index (χ3v) is 4.90. The fourth-order valence-corrected chi connectivity index (χ4v) is 2.71. The van der Waals surface area contributed by atoms with Crippen molar-refractivity contribution >= 4 is 23.2 Å². The molecule has 2 aromatic carbocycles. The third kappa shape index (κ3) is 6.19. The van der Waals surface area contributed by atoms with E-state index in [-0.39, 0.29) is 6.42 Å². The Labute approximate surface area is 208 Å². The van der Waals surface area contributed by atoms with Gasteiger partial charge in [-0.25, -0.2) is 0 Å². The Morgan fingerprint density at radius 3 is 0.974 bits per heavy atom. The average Bonchev–Trinajstić information content (AvgIpc) is 2.79. The first kappa shape index (κ1) is 31.6. The molecule has 0 aliphatic carbocycles. The number of hydrogen-bond donors (Lipinski definition) is 2. The summed E-state index contributed by atoms with van der Waals surface area (Å²) in [5.41, 5.74) is -0.575. The van der Waals surface area contributed by atoms with Crippen LogP contribution in [0.15, 0.2) is 48.5 Å². The predicted molar refractivity (Wildman–Crippen MR) is 105 cm³/mol. The van der Waals surface area contributed by atoms with E-state index in [2.05, 4.69) is 0 Å². The Morgan fingerprint density at radius 1 is 0.487 bits per heavy atom. The van der Waals surface area contributed by atoms with Gasteiger partial charge in [-0.1, -0.05) is 24.3 Å². The summed E-state index contributed by atoms with van der Waals surface area (Å²) in [6.45, 7) is 0. The number of hydrogen-bond acceptors (Lipinski definition) is 2. The number of amides is 2. The lowest BCUT2D eigenvalue weighted by atomic mass is 10.0. The summed E-state index contributed by atoms with van der Waals surface area (Å²) in [4.78, 5) is 22.7. The molecule has 0 saturated carbocycles. The molecule has 216 valence electrons. The SMILES string of the molecule is O=C(Nc1ccc(Cc2ccc(NC(=O)C(F)(F)C(F)(F)C(F)(F)F)cc2)cc1)C(F)(F)C(F)(F)C(F)(F)F. The molecule has 0 atom stereocenters. The summed E-state index contributed by atoms with van der Waals surface area (Å²) in [7, 11) is 0. The Hall–Kier alpha value is -3.60. The van der Waals surface area contributed by atoms with Gasteiger partial charge >= 0.3 is 47.9 Å². The molecule has 2 amide bonds. The summed E-state index contributed by atoms with van der Waals surface area (Å²) in [6.07, 6.45) is -13.5. The number of rotatable bonds is 8. The van der Waals surface area contributed by atoms with E-state index in [1.54, 1.807) is 0 Å². The molecule has 0 unspecified atom stereocenters. The summed E-state index contributed by atoms with van der Waals surface area (Å²) >= 11 is 0. The van der Waals surface area contributed by atoms with Gasteiger partial charge in [-0.2, -0.15) is 61.5 Å². The maximum Gasteiger partial charge on any atom is 0.460 e.